The third kappa shape index (κ3) is 2.65. The molecule has 164 valence electrons. The zero-order chi connectivity index (χ0) is 22.7. The number of hydrogen-bond donors (Lipinski definition) is 2. The van der Waals surface area contributed by atoms with Crippen molar-refractivity contribution in [3.05, 3.63) is 88.2 Å². The predicted octanol–water partition coefficient (Wildman–Crippen LogP) is 3.69. The highest BCUT2D eigenvalue weighted by Crippen LogP contribution is 2.68. The topological polar surface area (TPSA) is 88.9 Å². The van der Waals surface area contributed by atoms with Gasteiger partial charge in [-0.05, 0) is 30.2 Å². The summed E-state index contributed by atoms with van der Waals surface area (Å²) in [5.74, 6) is -1.01. The molecule has 0 bridgehead atoms. The van der Waals surface area contributed by atoms with Crippen molar-refractivity contribution in [2.24, 2.45) is 5.92 Å². The van der Waals surface area contributed by atoms with E-state index in [0.717, 1.165) is 10.0 Å². The zero-order valence-corrected chi connectivity index (χ0v) is 19.1. The fourth-order valence-corrected chi connectivity index (χ4v) is 5.66. The number of nitrogens with zero attached hydrogens (tertiary/aromatic N) is 1. The quantitative estimate of drug-likeness (QED) is 0.573. The highest BCUT2D eigenvalue weighted by atomic mass is 79.9. The van der Waals surface area contributed by atoms with Crippen LogP contribution in [0.3, 0.4) is 0 Å². The molecule has 6 nitrogen and oxygen atoms in total. The van der Waals surface area contributed by atoms with Crippen molar-refractivity contribution in [3.63, 3.8) is 0 Å². The standard InChI is InChI=1S/C25H22BrNO5/c1-14(28)20-21(15-6-4-3-5-7-15)25(16-8-10-17(26)11-9-16)24(30,23(20)29)22-19(32-25)12-18(31-2)13-27-22/h3-13,20-21,23,29-30H,1-2H3/t20-,21-,23-,24+,25+/m1/s1. The first-order valence-electron chi connectivity index (χ1n) is 10.3. The van der Waals surface area contributed by atoms with Gasteiger partial charge in [0.1, 0.15) is 29.1 Å². The molecular weight excluding hydrogens is 474 g/mol. The van der Waals surface area contributed by atoms with Gasteiger partial charge in [-0.15, -0.1) is 0 Å². The van der Waals surface area contributed by atoms with Crippen molar-refractivity contribution in [1.29, 1.82) is 0 Å². The molecule has 2 aliphatic rings. The molecule has 1 fully saturated rings. The Morgan fingerprint density at radius 1 is 1.16 bits per heavy atom. The maximum absolute atomic E-state index is 12.9. The van der Waals surface area contributed by atoms with Crippen LogP contribution in [0.2, 0.25) is 0 Å². The summed E-state index contributed by atoms with van der Waals surface area (Å²) in [5.41, 5.74) is -1.83. The zero-order valence-electron chi connectivity index (χ0n) is 17.5. The van der Waals surface area contributed by atoms with E-state index in [-0.39, 0.29) is 11.5 Å². The number of pyridine rings is 1. The van der Waals surface area contributed by atoms with Gasteiger partial charge in [0.2, 0.25) is 0 Å². The molecule has 0 saturated heterocycles. The van der Waals surface area contributed by atoms with E-state index in [0.29, 0.717) is 17.1 Å². The minimum absolute atomic E-state index is 0.193. The smallest absolute Gasteiger partial charge is 0.181 e. The summed E-state index contributed by atoms with van der Waals surface area (Å²) in [5, 5.41) is 23.8. The molecule has 1 aliphatic carbocycles. The SMILES string of the molecule is COc1cnc2c(c1)O[C@@]1(c3ccc(Br)cc3)[C@H](c3ccccc3)[C@@H](C(C)=O)[C@@H](O)[C@@]21O. The summed E-state index contributed by atoms with van der Waals surface area (Å²) in [4.78, 5) is 17.3. The highest BCUT2D eigenvalue weighted by molar-refractivity contribution is 9.10. The summed E-state index contributed by atoms with van der Waals surface area (Å²) < 4.78 is 12.7. The molecule has 0 amide bonds. The molecule has 1 aliphatic heterocycles. The monoisotopic (exact) mass is 495 g/mol. The van der Waals surface area contributed by atoms with Crippen LogP contribution in [0.5, 0.6) is 11.5 Å². The molecule has 5 atom stereocenters. The van der Waals surface area contributed by atoms with Gasteiger partial charge >= 0.3 is 0 Å². The first-order chi connectivity index (χ1) is 15.3. The number of ketones is 1. The highest BCUT2D eigenvalue weighted by Gasteiger charge is 2.77. The van der Waals surface area contributed by atoms with Gasteiger partial charge in [-0.3, -0.25) is 9.78 Å². The number of ether oxygens (including phenoxy) is 2. The lowest BCUT2D eigenvalue weighted by Crippen LogP contribution is -2.52. The van der Waals surface area contributed by atoms with E-state index in [4.69, 9.17) is 9.47 Å². The third-order valence-electron chi connectivity index (χ3n) is 6.73. The van der Waals surface area contributed by atoms with Gasteiger partial charge < -0.3 is 19.7 Å². The molecule has 7 heteroatoms. The molecule has 0 spiro atoms. The van der Waals surface area contributed by atoms with Gasteiger partial charge in [0, 0.05) is 16.5 Å². The number of methoxy groups -OCH3 is 1. The molecule has 1 aromatic heterocycles. The van der Waals surface area contributed by atoms with Gasteiger partial charge in [-0.1, -0.05) is 58.4 Å². The average molecular weight is 496 g/mol. The molecule has 0 unspecified atom stereocenters. The van der Waals surface area contributed by atoms with Crippen LogP contribution < -0.4 is 9.47 Å². The van der Waals surface area contributed by atoms with Crippen LogP contribution in [0.4, 0.5) is 0 Å². The van der Waals surface area contributed by atoms with Gasteiger partial charge in [-0.2, -0.15) is 0 Å². The lowest BCUT2D eigenvalue weighted by molar-refractivity contribution is -0.155. The summed E-state index contributed by atoms with van der Waals surface area (Å²) in [7, 11) is 1.52. The van der Waals surface area contributed by atoms with Crippen molar-refractivity contribution in [1.82, 2.24) is 4.98 Å². The number of carbonyl (C=O) groups is 1. The Morgan fingerprint density at radius 3 is 2.47 bits per heavy atom. The summed E-state index contributed by atoms with van der Waals surface area (Å²) in [6.07, 6.45) is 0.0411. The van der Waals surface area contributed by atoms with Gasteiger partial charge in [0.15, 0.2) is 11.2 Å². The minimum atomic E-state index is -1.96. The van der Waals surface area contributed by atoms with Crippen LogP contribution in [0.15, 0.2) is 71.3 Å². The normalized spacial score (nSPS) is 30.3. The first-order valence-corrected chi connectivity index (χ1v) is 11.1. The van der Waals surface area contributed by atoms with E-state index in [9.17, 15) is 15.0 Å². The fourth-order valence-electron chi connectivity index (χ4n) is 5.40. The number of carbonyl (C=O) groups excluding carboxylic acids is 1. The van der Waals surface area contributed by atoms with E-state index in [2.05, 4.69) is 20.9 Å². The van der Waals surface area contributed by atoms with Crippen molar-refractivity contribution in [2.75, 3.05) is 7.11 Å². The van der Waals surface area contributed by atoms with E-state index in [1.807, 2.05) is 54.6 Å². The fraction of sp³-hybridized carbons (Fsp3) is 0.280. The van der Waals surface area contributed by atoms with Crippen LogP contribution >= 0.6 is 15.9 Å². The van der Waals surface area contributed by atoms with E-state index in [1.165, 1.54) is 20.2 Å². The molecular formula is C25H22BrNO5. The van der Waals surface area contributed by atoms with E-state index in [1.54, 1.807) is 6.07 Å². The molecule has 5 rings (SSSR count). The number of aliphatic hydroxyl groups is 2. The van der Waals surface area contributed by atoms with Crippen LogP contribution in [0.25, 0.3) is 0 Å². The first kappa shape index (κ1) is 21.1. The second-order valence-electron chi connectivity index (χ2n) is 8.30. The molecule has 3 aromatic rings. The molecule has 2 aromatic carbocycles. The Hall–Kier alpha value is -2.74. The molecule has 2 heterocycles. The minimum Gasteiger partial charge on any atom is -0.495 e. The molecule has 0 radical (unpaired) electrons. The van der Waals surface area contributed by atoms with Crippen molar-refractivity contribution in [3.8, 4) is 11.5 Å². The lowest BCUT2D eigenvalue weighted by atomic mass is 9.71. The maximum Gasteiger partial charge on any atom is 0.181 e. The molecule has 2 N–H and O–H groups in total. The Balaban J connectivity index is 1.86. The van der Waals surface area contributed by atoms with Gasteiger partial charge in [-0.25, -0.2) is 0 Å². The Morgan fingerprint density at radius 2 is 1.84 bits per heavy atom. The van der Waals surface area contributed by atoms with Crippen molar-refractivity contribution >= 4 is 21.7 Å². The summed E-state index contributed by atoms with van der Waals surface area (Å²) in [6.45, 7) is 1.44. The second-order valence-corrected chi connectivity index (χ2v) is 9.22. The second kappa shape index (κ2) is 7.40. The van der Waals surface area contributed by atoms with E-state index < -0.39 is 29.1 Å². The van der Waals surface area contributed by atoms with Gasteiger partial charge in [0.05, 0.1) is 19.2 Å². The number of fused-ring (bicyclic) bond motifs is 3. The number of hydrogen-bond acceptors (Lipinski definition) is 6. The summed E-state index contributed by atoms with van der Waals surface area (Å²) >= 11 is 3.46. The van der Waals surface area contributed by atoms with Gasteiger partial charge in [0.25, 0.3) is 0 Å². The maximum atomic E-state index is 12.9. The third-order valence-corrected chi connectivity index (χ3v) is 7.26. The largest absolute Gasteiger partial charge is 0.495 e. The Kier molecular flexibility index (Phi) is 4.89. The van der Waals surface area contributed by atoms with Crippen molar-refractivity contribution < 1.29 is 24.5 Å². The van der Waals surface area contributed by atoms with Crippen LogP contribution in [0, 0.1) is 5.92 Å². The van der Waals surface area contributed by atoms with E-state index >= 15 is 0 Å². The van der Waals surface area contributed by atoms with Crippen molar-refractivity contribution in [2.45, 2.75) is 30.1 Å². The Labute approximate surface area is 194 Å². The average Bonchev–Trinajstić information content (AvgIpc) is 3.17. The number of Topliss-reactive ketones (excluding diaryl/α,β-unsaturated/α-hetero) is 1. The van der Waals surface area contributed by atoms with Crippen LogP contribution in [-0.4, -0.2) is 34.2 Å². The molecule has 1 saturated carbocycles. The van der Waals surface area contributed by atoms with Crippen LogP contribution in [0.1, 0.15) is 29.7 Å². The lowest BCUT2D eigenvalue weighted by Gasteiger charge is -2.40. The number of rotatable bonds is 4. The number of halogens is 1. The predicted molar refractivity (Wildman–Crippen MR) is 120 cm³/mol. The number of aromatic nitrogens is 1. The number of aliphatic hydroxyl groups excluding tert-OH is 1. The number of benzene rings is 2. The summed E-state index contributed by atoms with van der Waals surface area (Å²) in [6, 6.07) is 18.4. The van der Waals surface area contributed by atoms with Crippen LogP contribution in [-0.2, 0) is 16.0 Å². The molecule has 32 heavy (non-hydrogen) atoms. The Bertz CT molecular complexity index is 1180.